The van der Waals surface area contributed by atoms with Crippen LogP contribution in [0, 0.1) is 18.8 Å². The summed E-state index contributed by atoms with van der Waals surface area (Å²) in [5.74, 6) is 1.64. The molecule has 0 bridgehead atoms. The first kappa shape index (κ1) is 16.0. The Morgan fingerprint density at radius 3 is 2.43 bits per heavy atom. The molecule has 1 N–H and O–H groups in total. The molecule has 1 aliphatic rings. The third-order valence-corrected chi connectivity index (χ3v) is 4.19. The summed E-state index contributed by atoms with van der Waals surface area (Å²) in [4.78, 5) is 14.5. The molecule has 1 aliphatic heterocycles. The maximum atomic E-state index is 12.0. The van der Waals surface area contributed by atoms with Crippen LogP contribution in [0.3, 0.4) is 0 Å². The highest BCUT2D eigenvalue weighted by Gasteiger charge is 2.20. The van der Waals surface area contributed by atoms with Crippen LogP contribution in [-0.4, -0.2) is 37.0 Å². The molecule has 1 amide bonds. The normalized spacial score (nSPS) is 23.0. The number of nitrogens with zero attached hydrogens (tertiary/aromatic N) is 1. The van der Waals surface area contributed by atoms with Crippen LogP contribution in [0.4, 0.5) is 0 Å². The second-order valence-corrected chi connectivity index (χ2v) is 6.68. The number of carbonyl (C=O) groups is 1. The molecule has 1 heterocycles. The highest BCUT2D eigenvalue weighted by atomic mass is 16.1. The Hall–Kier alpha value is -1.35. The number of likely N-dealkylation sites (tertiary alicyclic amines) is 1. The highest BCUT2D eigenvalue weighted by Crippen LogP contribution is 2.20. The van der Waals surface area contributed by atoms with Crippen LogP contribution in [0.25, 0.3) is 0 Å². The molecular weight excluding hydrogens is 260 g/mol. The van der Waals surface area contributed by atoms with Gasteiger partial charge in [0.2, 0.25) is 0 Å². The quantitative estimate of drug-likeness (QED) is 0.844. The first-order valence-electron chi connectivity index (χ1n) is 8.12. The van der Waals surface area contributed by atoms with Crippen LogP contribution >= 0.6 is 0 Å². The Bertz CT molecular complexity index is 445. The van der Waals surface area contributed by atoms with Gasteiger partial charge in [-0.2, -0.15) is 0 Å². The van der Waals surface area contributed by atoms with Crippen molar-refractivity contribution in [2.45, 2.75) is 33.6 Å². The molecule has 3 nitrogen and oxygen atoms in total. The van der Waals surface area contributed by atoms with Crippen LogP contribution in [0.15, 0.2) is 24.3 Å². The molecule has 0 spiro atoms. The zero-order valence-electron chi connectivity index (χ0n) is 13.6. The molecule has 2 rings (SSSR count). The summed E-state index contributed by atoms with van der Waals surface area (Å²) in [5, 5.41) is 3.01. The first-order valence-corrected chi connectivity index (χ1v) is 8.12. The molecule has 1 aromatic rings. The Balaban J connectivity index is 1.67. The van der Waals surface area contributed by atoms with Crippen molar-refractivity contribution in [2.75, 3.05) is 26.2 Å². The van der Waals surface area contributed by atoms with Crippen LogP contribution in [0.5, 0.6) is 0 Å². The number of piperidine rings is 1. The number of amides is 1. The van der Waals surface area contributed by atoms with Crippen molar-refractivity contribution in [2.24, 2.45) is 11.8 Å². The maximum absolute atomic E-state index is 12.0. The second-order valence-electron chi connectivity index (χ2n) is 6.68. The Labute approximate surface area is 128 Å². The van der Waals surface area contributed by atoms with Gasteiger partial charge in [-0.1, -0.05) is 31.5 Å². The summed E-state index contributed by atoms with van der Waals surface area (Å²) in [7, 11) is 0. The summed E-state index contributed by atoms with van der Waals surface area (Å²) in [5.41, 5.74) is 1.93. The standard InChI is InChI=1S/C18H28N2O/c1-14-5-7-17(8-6-14)18(21)19-9-4-10-20-12-15(2)11-16(3)13-20/h5-8,15-16H,4,9-13H2,1-3H3,(H,19,21)/t15-,16-/m1/s1. The molecular formula is C18H28N2O. The summed E-state index contributed by atoms with van der Waals surface area (Å²) < 4.78 is 0. The van der Waals surface area contributed by atoms with Gasteiger partial charge in [0.1, 0.15) is 0 Å². The van der Waals surface area contributed by atoms with Gasteiger partial charge in [-0.15, -0.1) is 0 Å². The van der Waals surface area contributed by atoms with E-state index in [9.17, 15) is 4.79 Å². The lowest BCUT2D eigenvalue weighted by Gasteiger charge is -2.34. The summed E-state index contributed by atoms with van der Waals surface area (Å²) >= 11 is 0. The summed E-state index contributed by atoms with van der Waals surface area (Å²) in [6.07, 6.45) is 2.37. The van der Waals surface area contributed by atoms with Crippen molar-refractivity contribution < 1.29 is 4.79 Å². The fraction of sp³-hybridized carbons (Fsp3) is 0.611. The number of carbonyl (C=O) groups excluding carboxylic acids is 1. The van der Waals surface area contributed by atoms with Crippen LogP contribution in [-0.2, 0) is 0 Å². The smallest absolute Gasteiger partial charge is 0.251 e. The van der Waals surface area contributed by atoms with Crippen molar-refractivity contribution >= 4 is 5.91 Å². The predicted molar refractivity (Wildman–Crippen MR) is 87.5 cm³/mol. The Morgan fingerprint density at radius 2 is 1.81 bits per heavy atom. The molecule has 0 aromatic heterocycles. The number of hydrogen-bond donors (Lipinski definition) is 1. The van der Waals surface area contributed by atoms with Gasteiger partial charge in [-0.25, -0.2) is 0 Å². The molecule has 1 fully saturated rings. The van der Waals surface area contributed by atoms with E-state index in [-0.39, 0.29) is 5.91 Å². The van der Waals surface area contributed by atoms with Gasteiger partial charge < -0.3 is 10.2 Å². The van der Waals surface area contributed by atoms with E-state index in [1.807, 2.05) is 31.2 Å². The minimum absolute atomic E-state index is 0.0374. The summed E-state index contributed by atoms with van der Waals surface area (Å²) in [6, 6.07) is 7.73. The van der Waals surface area contributed by atoms with Crippen LogP contribution < -0.4 is 5.32 Å². The van der Waals surface area contributed by atoms with Gasteiger partial charge in [0.05, 0.1) is 0 Å². The van der Waals surface area contributed by atoms with Gasteiger partial charge in [0.15, 0.2) is 0 Å². The number of benzene rings is 1. The average Bonchev–Trinajstić information content (AvgIpc) is 2.43. The maximum Gasteiger partial charge on any atom is 0.251 e. The molecule has 116 valence electrons. The number of aryl methyl sites for hydroxylation is 1. The van der Waals surface area contributed by atoms with Crippen molar-refractivity contribution in [3.63, 3.8) is 0 Å². The van der Waals surface area contributed by atoms with E-state index >= 15 is 0 Å². The van der Waals surface area contributed by atoms with Crippen molar-refractivity contribution in [1.29, 1.82) is 0 Å². The topological polar surface area (TPSA) is 32.3 Å². The molecule has 1 aromatic carbocycles. The largest absolute Gasteiger partial charge is 0.352 e. The third kappa shape index (κ3) is 5.16. The van der Waals surface area contributed by atoms with E-state index in [4.69, 9.17) is 0 Å². The molecule has 21 heavy (non-hydrogen) atoms. The van der Waals surface area contributed by atoms with Crippen molar-refractivity contribution in [3.05, 3.63) is 35.4 Å². The predicted octanol–water partition coefficient (Wildman–Crippen LogP) is 3.09. The van der Waals surface area contributed by atoms with Crippen molar-refractivity contribution in [3.8, 4) is 0 Å². The first-order chi connectivity index (χ1) is 10.0. The molecule has 0 saturated carbocycles. The van der Waals surface area contributed by atoms with Gasteiger partial charge in [-0.3, -0.25) is 4.79 Å². The van der Waals surface area contributed by atoms with Crippen LogP contribution in [0.1, 0.15) is 42.6 Å². The molecule has 0 unspecified atom stereocenters. The summed E-state index contributed by atoms with van der Waals surface area (Å²) in [6.45, 7) is 11.0. The SMILES string of the molecule is Cc1ccc(C(=O)NCCCN2C[C@H](C)C[C@@H](C)C2)cc1. The van der Waals surface area contributed by atoms with E-state index < -0.39 is 0 Å². The minimum atomic E-state index is 0.0374. The van der Waals surface area contributed by atoms with E-state index in [2.05, 4.69) is 24.1 Å². The van der Waals surface area contributed by atoms with Crippen molar-refractivity contribution in [1.82, 2.24) is 10.2 Å². The lowest BCUT2D eigenvalue weighted by Crippen LogP contribution is -2.40. The number of hydrogen-bond acceptors (Lipinski definition) is 2. The van der Waals surface area contributed by atoms with Gasteiger partial charge in [0.25, 0.3) is 5.91 Å². The molecule has 0 radical (unpaired) electrons. The van der Waals surface area contributed by atoms with E-state index in [1.54, 1.807) is 0 Å². The lowest BCUT2D eigenvalue weighted by atomic mass is 9.92. The number of nitrogens with one attached hydrogen (secondary N) is 1. The molecule has 2 atom stereocenters. The highest BCUT2D eigenvalue weighted by molar-refractivity contribution is 5.94. The fourth-order valence-corrected chi connectivity index (χ4v) is 3.29. The molecule has 0 aliphatic carbocycles. The zero-order valence-corrected chi connectivity index (χ0v) is 13.6. The lowest BCUT2D eigenvalue weighted by molar-refractivity contribution is 0.0947. The van der Waals surface area contributed by atoms with E-state index in [0.717, 1.165) is 36.9 Å². The third-order valence-electron chi connectivity index (χ3n) is 4.19. The van der Waals surface area contributed by atoms with Crippen LogP contribution in [0.2, 0.25) is 0 Å². The van der Waals surface area contributed by atoms with Gasteiger partial charge in [0, 0.05) is 25.2 Å². The Kier molecular flexibility index (Phi) is 5.80. The Morgan fingerprint density at radius 1 is 1.19 bits per heavy atom. The molecule has 3 heteroatoms. The van der Waals surface area contributed by atoms with E-state index in [1.165, 1.54) is 25.1 Å². The monoisotopic (exact) mass is 288 g/mol. The fourth-order valence-electron chi connectivity index (χ4n) is 3.29. The second kappa shape index (κ2) is 7.60. The number of rotatable bonds is 5. The van der Waals surface area contributed by atoms with E-state index in [0.29, 0.717) is 0 Å². The molecule has 1 saturated heterocycles. The van der Waals surface area contributed by atoms with Gasteiger partial charge in [-0.05, 0) is 50.3 Å². The minimum Gasteiger partial charge on any atom is -0.352 e. The van der Waals surface area contributed by atoms with Gasteiger partial charge >= 0.3 is 0 Å². The average molecular weight is 288 g/mol. The zero-order chi connectivity index (χ0) is 15.2.